The maximum absolute atomic E-state index is 12.2. The number of unbranched alkanes of at least 4 members (excludes halogenated alkanes) is 1. The molecule has 0 radical (unpaired) electrons. The lowest BCUT2D eigenvalue weighted by molar-refractivity contribution is -0.139. The van der Waals surface area contributed by atoms with E-state index in [0.29, 0.717) is 39.0 Å². The molecule has 21 heavy (non-hydrogen) atoms. The van der Waals surface area contributed by atoms with Crippen LogP contribution < -0.4 is 0 Å². The molecule has 0 aromatic carbocycles. The predicted octanol–water partition coefficient (Wildman–Crippen LogP) is 2.91. The van der Waals surface area contributed by atoms with Crippen LogP contribution in [0, 0.1) is 0 Å². The van der Waals surface area contributed by atoms with Gasteiger partial charge in [-0.1, -0.05) is 13.3 Å². The molecule has 1 fully saturated rings. The maximum atomic E-state index is 12.2. The number of nitrogens with zero attached hydrogens (tertiary/aromatic N) is 2. The Balaban J connectivity index is 1.78. The summed E-state index contributed by atoms with van der Waals surface area (Å²) < 4.78 is 1.03. The summed E-state index contributed by atoms with van der Waals surface area (Å²) in [6.07, 6.45) is 3.08. The van der Waals surface area contributed by atoms with Crippen molar-refractivity contribution in [2.75, 3.05) is 26.2 Å². The highest BCUT2D eigenvalue weighted by Gasteiger charge is 2.23. The van der Waals surface area contributed by atoms with Crippen LogP contribution in [0.15, 0.2) is 15.9 Å². The van der Waals surface area contributed by atoms with E-state index in [2.05, 4.69) is 22.9 Å². The van der Waals surface area contributed by atoms with Gasteiger partial charge in [0.2, 0.25) is 11.8 Å². The lowest BCUT2D eigenvalue weighted by Gasteiger charge is -2.34. The molecule has 2 rings (SSSR count). The number of hydrogen-bond acceptors (Lipinski definition) is 3. The van der Waals surface area contributed by atoms with Crippen molar-refractivity contribution in [3.8, 4) is 0 Å². The number of carbonyl (C=O) groups excluding carboxylic acids is 2. The number of piperazine rings is 1. The van der Waals surface area contributed by atoms with Gasteiger partial charge in [-0.05, 0) is 28.4 Å². The summed E-state index contributed by atoms with van der Waals surface area (Å²) >= 11 is 5.00. The molecule has 0 unspecified atom stereocenters. The summed E-state index contributed by atoms with van der Waals surface area (Å²) in [6, 6.07) is 1.99. The Kier molecular flexibility index (Phi) is 6.23. The molecule has 116 valence electrons. The molecule has 0 saturated carbocycles. The second-order valence-electron chi connectivity index (χ2n) is 5.27. The van der Waals surface area contributed by atoms with Crippen molar-refractivity contribution in [2.45, 2.75) is 32.6 Å². The van der Waals surface area contributed by atoms with E-state index in [1.54, 1.807) is 11.3 Å². The van der Waals surface area contributed by atoms with Gasteiger partial charge in [-0.3, -0.25) is 9.59 Å². The molecule has 0 spiro atoms. The summed E-state index contributed by atoms with van der Waals surface area (Å²) in [5.41, 5.74) is 0. The zero-order chi connectivity index (χ0) is 15.2. The molecule has 0 aliphatic carbocycles. The molecule has 2 amide bonds. The van der Waals surface area contributed by atoms with Crippen LogP contribution in [0.5, 0.6) is 0 Å². The molecule has 1 aliphatic heterocycles. The summed E-state index contributed by atoms with van der Waals surface area (Å²) in [4.78, 5) is 29.0. The third kappa shape index (κ3) is 4.81. The zero-order valence-corrected chi connectivity index (χ0v) is 14.7. The van der Waals surface area contributed by atoms with Gasteiger partial charge in [0.15, 0.2) is 0 Å². The molecular formula is C15H21BrN2O2S. The van der Waals surface area contributed by atoms with E-state index in [0.717, 1.165) is 22.2 Å². The number of thiophene rings is 1. The molecule has 4 nitrogen and oxygen atoms in total. The van der Waals surface area contributed by atoms with E-state index in [4.69, 9.17) is 0 Å². The number of hydrogen-bond donors (Lipinski definition) is 0. The SMILES string of the molecule is CCCCC(=O)N1CCN(C(=O)Cc2cc(Br)cs2)CC1. The molecule has 1 saturated heterocycles. The van der Waals surface area contributed by atoms with Crippen LogP contribution in [-0.2, 0) is 16.0 Å². The molecule has 2 heterocycles. The van der Waals surface area contributed by atoms with Crippen LogP contribution in [0.2, 0.25) is 0 Å². The third-order valence-corrected chi connectivity index (χ3v) is 5.37. The van der Waals surface area contributed by atoms with E-state index in [-0.39, 0.29) is 11.8 Å². The Labute approximate surface area is 138 Å². The van der Waals surface area contributed by atoms with Crippen LogP contribution in [-0.4, -0.2) is 47.8 Å². The summed E-state index contributed by atoms with van der Waals surface area (Å²) in [6.45, 7) is 4.74. The first kappa shape index (κ1) is 16.5. The normalized spacial score (nSPS) is 15.3. The fraction of sp³-hybridized carbons (Fsp3) is 0.600. The van der Waals surface area contributed by atoms with Crippen molar-refractivity contribution < 1.29 is 9.59 Å². The van der Waals surface area contributed by atoms with Gasteiger partial charge in [0, 0.05) is 47.3 Å². The Morgan fingerprint density at radius 3 is 2.33 bits per heavy atom. The smallest absolute Gasteiger partial charge is 0.227 e. The van der Waals surface area contributed by atoms with Crippen molar-refractivity contribution in [1.29, 1.82) is 0 Å². The van der Waals surface area contributed by atoms with Crippen molar-refractivity contribution in [3.63, 3.8) is 0 Å². The number of carbonyl (C=O) groups is 2. The highest BCUT2D eigenvalue weighted by Crippen LogP contribution is 2.21. The Morgan fingerprint density at radius 2 is 1.81 bits per heavy atom. The predicted molar refractivity (Wildman–Crippen MR) is 88.4 cm³/mol. The van der Waals surface area contributed by atoms with Crippen LogP contribution in [0.25, 0.3) is 0 Å². The van der Waals surface area contributed by atoms with Crippen LogP contribution in [0.3, 0.4) is 0 Å². The second kappa shape index (κ2) is 7.94. The van der Waals surface area contributed by atoms with Crippen LogP contribution in [0.1, 0.15) is 31.1 Å². The van der Waals surface area contributed by atoms with Crippen molar-refractivity contribution >= 4 is 39.1 Å². The quantitative estimate of drug-likeness (QED) is 0.796. The van der Waals surface area contributed by atoms with Gasteiger partial charge in [0.05, 0.1) is 6.42 Å². The lowest BCUT2D eigenvalue weighted by atomic mass is 10.2. The van der Waals surface area contributed by atoms with E-state index < -0.39 is 0 Å². The van der Waals surface area contributed by atoms with Gasteiger partial charge in [-0.15, -0.1) is 11.3 Å². The Bertz CT molecular complexity index is 496. The van der Waals surface area contributed by atoms with E-state index >= 15 is 0 Å². The molecular weight excluding hydrogens is 352 g/mol. The summed E-state index contributed by atoms with van der Waals surface area (Å²) in [5, 5.41) is 1.99. The molecule has 0 bridgehead atoms. The topological polar surface area (TPSA) is 40.6 Å². The largest absolute Gasteiger partial charge is 0.339 e. The maximum Gasteiger partial charge on any atom is 0.227 e. The molecule has 0 N–H and O–H groups in total. The van der Waals surface area contributed by atoms with Gasteiger partial charge in [0.1, 0.15) is 0 Å². The molecule has 1 aromatic rings. The highest BCUT2D eigenvalue weighted by atomic mass is 79.9. The number of amides is 2. The molecule has 0 atom stereocenters. The fourth-order valence-electron chi connectivity index (χ4n) is 2.40. The first-order valence-electron chi connectivity index (χ1n) is 7.38. The van der Waals surface area contributed by atoms with E-state index in [1.807, 2.05) is 21.2 Å². The first-order chi connectivity index (χ1) is 10.1. The van der Waals surface area contributed by atoms with Gasteiger partial charge < -0.3 is 9.80 Å². The van der Waals surface area contributed by atoms with Crippen molar-refractivity contribution in [2.24, 2.45) is 0 Å². The zero-order valence-electron chi connectivity index (χ0n) is 12.3. The monoisotopic (exact) mass is 372 g/mol. The van der Waals surface area contributed by atoms with Crippen molar-refractivity contribution in [1.82, 2.24) is 9.80 Å². The Hall–Kier alpha value is -0.880. The van der Waals surface area contributed by atoms with Crippen molar-refractivity contribution in [3.05, 3.63) is 20.8 Å². The van der Waals surface area contributed by atoms with E-state index in [1.165, 1.54) is 0 Å². The standard InChI is InChI=1S/C15H21BrN2O2S/c1-2-3-4-14(19)17-5-7-18(8-6-17)15(20)10-13-9-12(16)11-21-13/h9,11H,2-8,10H2,1H3. The van der Waals surface area contributed by atoms with Crippen LogP contribution >= 0.6 is 27.3 Å². The molecule has 1 aromatic heterocycles. The molecule has 6 heteroatoms. The minimum Gasteiger partial charge on any atom is -0.339 e. The summed E-state index contributed by atoms with van der Waals surface area (Å²) in [7, 11) is 0. The van der Waals surface area contributed by atoms with Gasteiger partial charge in [0.25, 0.3) is 0 Å². The number of rotatable bonds is 5. The lowest BCUT2D eigenvalue weighted by Crippen LogP contribution is -2.50. The average Bonchev–Trinajstić information content (AvgIpc) is 2.90. The first-order valence-corrected chi connectivity index (χ1v) is 9.06. The molecule has 1 aliphatic rings. The average molecular weight is 373 g/mol. The summed E-state index contributed by atoms with van der Waals surface area (Å²) in [5.74, 6) is 0.385. The Morgan fingerprint density at radius 1 is 1.19 bits per heavy atom. The highest BCUT2D eigenvalue weighted by molar-refractivity contribution is 9.10. The van der Waals surface area contributed by atoms with Gasteiger partial charge in [-0.2, -0.15) is 0 Å². The minimum absolute atomic E-state index is 0.157. The minimum atomic E-state index is 0.157. The van der Waals surface area contributed by atoms with Gasteiger partial charge >= 0.3 is 0 Å². The second-order valence-corrected chi connectivity index (χ2v) is 7.18. The number of halogens is 1. The third-order valence-electron chi connectivity index (χ3n) is 3.68. The van der Waals surface area contributed by atoms with Crippen LogP contribution in [0.4, 0.5) is 0 Å². The van der Waals surface area contributed by atoms with Gasteiger partial charge in [-0.25, -0.2) is 0 Å². The fourth-order valence-corrected chi connectivity index (χ4v) is 3.84. The van der Waals surface area contributed by atoms with E-state index in [9.17, 15) is 9.59 Å².